The third kappa shape index (κ3) is 3.77. The fourth-order valence-corrected chi connectivity index (χ4v) is 3.84. The number of aryl methyl sites for hydroxylation is 3. The van der Waals surface area contributed by atoms with Crippen molar-refractivity contribution in [3.8, 4) is 0 Å². The lowest BCUT2D eigenvalue weighted by Crippen LogP contribution is -3.14. The zero-order valence-electron chi connectivity index (χ0n) is 15.8. The lowest BCUT2D eigenvalue weighted by Gasteiger charge is -2.37. The number of nitrogens with one attached hydrogen (secondary N) is 1. The molecule has 2 aromatic carbocycles. The molecule has 1 atom stereocenters. The lowest BCUT2D eigenvalue weighted by atomic mass is 10.0. The second kappa shape index (κ2) is 7.40. The standard InChI is InChI=1S/C22H28N2O/c1-16-5-7-21(14-17(16)2)19(4)23-9-11-24(12-10-23)22-8-6-20(15-25)13-18(22)3/h5-8,13-15,19H,9-12H2,1-4H3/p+1/t19-/m0/s1. The maximum absolute atomic E-state index is 10.9. The van der Waals surface area contributed by atoms with E-state index in [9.17, 15) is 4.79 Å². The van der Waals surface area contributed by atoms with E-state index >= 15 is 0 Å². The summed E-state index contributed by atoms with van der Waals surface area (Å²) in [6, 6.07) is 13.4. The van der Waals surface area contributed by atoms with E-state index in [-0.39, 0.29) is 0 Å². The molecule has 132 valence electrons. The summed E-state index contributed by atoms with van der Waals surface area (Å²) in [6.45, 7) is 13.2. The van der Waals surface area contributed by atoms with E-state index in [0.29, 0.717) is 6.04 Å². The first kappa shape index (κ1) is 17.7. The van der Waals surface area contributed by atoms with Crippen molar-refractivity contribution in [1.82, 2.24) is 0 Å². The van der Waals surface area contributed by atoms with E-state index in [1.54, 1.807) is 4.90 Å². The summed E-state index contributed by atoms with van der Waals surface area (Å²) < 4.78 is 0. The Hall–Kier alpha value is -2.13. The number of carbonyl (C=O) groups is 1. The van der Waals surface area contributed by atoms with Gasteiger partial charge in [-0.15, -0.1) is 0 Å². The van der Waals surface area contributed by atoms with E-state index < -0.39 is 0 Å². The highest BCUT2D eigenvalue weighted by atomic mass is 16.1. The lowest BCUT2D eigenvalue weighted by molar-refractivity contribution is -0.930. The first-order valence-corrected chi connectivity index (χ1v) is 9.22. The van der Waals surface area contributed by atoms with Crippen molar-refractivity contribution in [2.24, 2.45) is 0 Å². The molecule has 2 aromatic rings. The molecule has 1 saturated heterocycles. The summed E-state index contributed by atoms with van der Waals surface area (Å²) in [5.74, 6) is 0. The predicted octanol–water partition coefficient (Wildman–Crippen LogP) is 2.89. The van der Waals surface area contributed by atoms with Gasteiger partial charge in [0.15, 0.2) is 0 Å². The Labute approximate surface area is 151 Å². The highest BCUT2D eigenvalue weighted by Gasteiger charge is 2.26. The molecule has 1 N–H and O–H groups in total. The van der Waals surface area contributed by atoms with E-state index in [2.05, 4.69) is 56.9 Å². The number of carbonyl (C=O) groups excluding carboxylic acids is 1. The monoisotopic (exact) mass is 337 g/mol. The summed E-state index contributed by atoms with van der Waals surface area (Å²) in [5.41, 5.74) is 7.41. The van der Waals surface area contributed by atoms with Gasteiger partial charge in [-0.05, 0) is 68.7 Å². The number of anilines is 1. The van der Waals surface area contributed by atoms with Crippen LogP contribution in [-0.4, -0.2) is 32.5 Å². The number of nitrogens with zero attached hydrogens (tertiary/aromatic N) is 1. The predicted molar refractivity (Wildman–Crippen MR) is 104 cm³/mol. The van der Waals surface area contributed by atoms with E-state index in [4.69, 9.17) is 0 Å². The Morgan fingerprint density at radius 3 is 2.28 bits per heavy atom. The fourth-order valence-electron chi connectivity index (χ4n) is 3.84. The summed E-state index contributed by atoms with van der Waals surface area (Å²) in [6.07, 6.45) is 0.921. The number of benzene rings is 2. The van der Waals surface area contributed by atoms with Gasteiger partial charge in [-0.3, -0.25) is 4.79 Å². The quantitative estimate of drug-likeness (QED) is 0.868. The second-order valence-corrected chi connectivity index (χ2v) is 7.37. The molecule has 0 aromatic heterocycles. The fraction of sp³-hybridized carbons (Fsp3) is 0.409. The molecule has 0 spiro atoms. The van der Waals surface area contributed by atoms with Gasteiger partial charge in [-0.25, -0.2) is 0 Å². The van der Waals surface area contributed by atoms with Crippen LogP contribution in [0.1, 0.15) is 45.6 Å². The van der Waals surface area contributed by atoms with Crippen LogP contribution in [-0.2, 0) is 0 Å². The molecule has 0 bridgehead atoms. The van der Waals surface area contributed by atoms with Gasteiger partial charge in [-0.2, -0.15) is 0 Å². The van der Waals surface area contributed by atoms with Gasteiger partial charge >= 0.3 is 0 Å². The van der Waals surface area contributed by atoms with Crippen LogP contribution >= 0.6 is 0 Å². The number of hydrogen-bond acceptors (Lipinski definition) is 2. The van der Waals surface area contributed by atoms with Gasteiger partial charge in [0.2, 0.25) is 0 Å². The average Bonchev–Trinajstić information content (AvgIpc) is 2.63. The highest BCUT2D eigenvalue weighted by Crippen LogP contribution is 2.21. The summed E-state index contributed by atoms with van der Waals surface area (Å²) in [7, 11) is 0. The molecule has 0 unspecified atom stereocenters. The highest BCUT2D eigenvalue weighted by molar-refractivity contribution is 5.77. The molecule has 3 rings (SSSR count). The van der Waals surface area contributed by atoms with Crippen LogP contribution in [0.3, 0.4) is 0 Å². The van der Waals surface area contributed by atoms with Crippen LogP contribution in [0.2, 0.25) is 0 Å². The first-order valence-electron chi connectivity index (χ1n) is 9.22. The van der Waals surface area contributed by atoms with Crippen molar-refractivity contribution in [3.05, 3.63) is 64.2 Å². The number of piperazine rings is 1. The van der Waals surface area contributed by atoms with Crippen LogP contribution in [0.5, 0.6) is 0 Å². The van der Waals surface area contributed by atoms with Crippen LogP contribution in [0.15, 0.2) is 36.4 Å². The second-order valence-electron chi connectivity index (χ2n) is 7.37. The molecule has 0 amide bonds. The largest absolute Gasteiger partial charge is 0.360 e. The summed E-state index contributed by atoms with van der Waals surface area (Å²) >= 11 is 0. The van der Waals surface area contributed by atoms with Crippen molar-refractivity contribution >= 4 is 12.0 Å². The normalized spacial score (nSPS) is 16.7. The van der Waals surface area contributed by atoms with Crippen LogP contribution < -0.4 is 9.80 Å². The number of quaternary nitrogens is 1. The van der Waals surface area contributed by atoms with Crippen molar-refractivity contribution in [1.29, 1.82) is 0 Å². The number of hydrogen-bond donors (Lipinski definition) is 1. The molecule has 0 aliphatic carbocycles. The molecule has 1 aliphatic heterocycles. The summed E-state index contributed by atoms with van der Waals surface area (Å²) in [4.78, 5) is 15.0. The van der Waals surface area contributed by atoms with Crippen molar-refractivity contribution in [2.75, 3.05) is 31.1 Å². The SMILES string of the molecule is Cc1ccc([C@H](C)[NH+]2CCN(c3ccc(C=O)cc3C)CC2)cc1C. The molecular formula is C22H29N2O+. The Kier molecular flexibility index (Phi) is 5.24. The maximum Gasteiger partial charge on any atom is 0.150 e. The molecule has 25 heavy (non-hydrogen) atoms. The molecule has 0 radical (unpaired) electrons. The van der Waals surface area contributed by atoms with Crippen molar-refractivity contribution in [2.45, 2.75) is 33.7 Å². The Bertz CT molecular complexity index is 761. The first-order chi connectivity index (χ1) is 12.0. The molecule has 1 aliphatic rings. The number of aldehydes is 1. The Balaban J connectivity index is 1.67. The Morgan fingerprint density at radius 1 is 0.960 bits per heavy atom. The molecule has 1 heterocycles. The minimum atomic E-state index is 0.528. The van der Waals surface area contributed by atoms with E-state index in [1.165, 1.54) is 27.9 Å². The molecule has 0 saturated carbocycles. The maximum atomic E-state index is 10.9. The minimum Gasteiger partial charge on any atom is -0.360 e. The Morgan fingerprint density at radius 2 is 1.68 bits per heavy atom. The van der Waals surface area contributed by atoms with Crippen molar-refractivity contribution in [3.63, 3.8) is 0 Å². The van der Waals surface area contributed by atoms with Crippen LogP contribution in [0, 0.1) is 20.8 Å². The van der Waals surface area contributed by atoms with E-state index in [0.717, 1.165) is 38.0 Å². The zero-order valence-corrected chi connectivity index (χ0v) is 15.8. The third-order valence-electron chi connectivity index (χ3n) is 5.75. The third-order valence-corrected chi connectivity index (χ3v) is 5.75. The zero-order chi connectivity index (χ0) is 18.0. The molecule has 3 heteroatoms. The van der Waals surface area contributed by atoms with Gasteiger partial charge in [0, 0.05) is 16.8 Å². The molecule has 3 nitrogen and oxygen atoms in total. The summed E-state index contributed by atoms with van der Waals surface area (Å²) in [5, 5.41) is 0. The topological polar surface area (TPSA) is 24.8 Å². The van der Waals surface area contributed by atoms with Crippen LogP contribution in [0.4, 0.5) is 5.69 Å². The minimum absolute atomic E-state index is 0.528. The van der Waals surface area contributed by atoms with Gasteiger partial charge in [0.25, 0.3) is 0 Å². The van der Waals surface area contributed by atoms with Crippen molar-refractivity contribution < 1.29 is 9.69 Å². The average molecular weight is 337 g/mol. The molecule has 1 fully saturated rings. The van der Waals surface area contributed by atoms with Gasteiger partial charge in [0.05, 0.1) is 26.2 Å². The smallest absolute Gasteiger partial charge is 0.150 e. The van der Waals surface area contributed by atoms with Gasteiger partial charge < -0.3 is 9.80 Å². The van der Waals surface area contributed by atoms with E-state index in [1.807, 2.05) is 12.1 Å². The van der Waals surface area contributed by atoms with Crippen LogP contribution in [0.25, 0.3) is 0 Å². The molecular weight excluding hydrogens is 308 g/mol. The van der Waals surface area contributed by atoms with Gasteiger partial charge in [0.1, 0.15) is 12.3 Å². The number of rotatable bonds is 4. The van der Waals surface area contributed by atoms with Gasteiger partial charge in [-0.1, -0.05) is 12.1 Å².